The maximum atomic E-state index is 11.9. The zero-order valence-corrected chi connectivity index (χ0v) is 10.5. The molecule has 91 valence electrons. The van der Waals surface area contributed by atoms with Crippen LogP contribution in [-0.2, 0) is 4.79 Å². The Morgan fingerprint density at radius 1 is 1.12 bits per heavy atom. The molecule has 1 aliphatic carbocycles. The lowest BCUT2D eigenvalue weighted by Gasteiger charge is -2.35. The zero-order valence-electron chi connectivity index (χ0n) is 10.5. The normalized spacial score (nSPS) is 22.8. The number of carbonyl (C=O) groups is 1. The minimum absolute atomic E-state index is 0.388. The van der Waals surface area contributed by atoms with E-state index in [1.54, 1.807) is 0 Å². The van der Waals surface area contributed by atoms with Crippen molar-refractivity contribution in [3.63, 3.8) is 0 Å². The average Bonchev–Trinajstić information content (AvgIpc) is 3.01. The summed E-state index contributed by atoms with van der Waals surface area (Å²) < 4.78 is 0. The standard InChI is InChI=1S/C13H23N2O/c1-11(2)10-14-5-7-15(8-6-14)13(16)9-12-3-4-12/h12H,3-10H2,1-2H3. The molecule has 3 nitrogen and oxygen atoms in total. The maximum Gasteiger partial charge on any atom is 0.222 e. The van der Waals surface area contributed by atoms with Gasteiger partial charge in [0.1, 0.15) is 0 Å². The van der Waals surface area contributed by atoms with Gasteiger partial charge in [-0.3, -0.25) is 9.69 Å². The number of piperazine rings is 1. The molecule has 1 radical (unpaired) electrons. The molecule has 0 aromatic carbocycles. The quantitative estimate of drug-likeness (QED) is 0.722. The van der Waals surface area contributed by atoms with Crippen LogP contribution in [0.4, 0.5) is 0 Å². The number of amides is 1. The Morgan fingerprint density at radius 3 is 2.25 bits per heavy atom. The summed E-state index contributed by atoms with van der Waals surface area (Å²) in [7, 11) is 0. The molecular formula is C13H23N2O. The van der Waals surface area contributed by atoms with Crippen LogP contribution in [0.25, 0.3) is 0 Å². The molecule has 0 spiro atoms. The largest absolute Gasteiger partial charge is 0.340 e. The maximum absolute atomic E-state index is 11.9. The number of hydrogen-bond donors (Lipinski definition) is 0. The monoisotopic (exact) mass is 223 g/mol. The highest BCUT2D eigenvalue weighted by atomic mass is 16.2. The van der Waals surface area contributed by atoms with Gasteiger partial charge in [-0.1, -0.05) is 13.8 Å². The molecule has 2 rings (SSSR count). The lowest BCUT2D eigenvalue weighted by atomic mass is 10.2. The molecule has 2 aliphatic rings. The topological polar surface area (TPSA) is 23.6 Å². The van der Waals surface area contributed by atoms with Crippen LogP contribution in [0.3, 0.4) is 0 Å². The van der Waals surface area contributed by atoms with Crippen LogP contribution in [0.1, 0.15) is 33.1 Å². The fraction of sp³-hybridized carbons (Fsp3) is 0.846. The Morgan fingerprint density at radius 2 is 1.75 bits per heavy atom. The zero-order chi connectivity index (χ0) is 11.5. The fourth-order valence-electron chi connectivity index (χ4n) is 2.30. The summed E-state index contributed by atoms with van der Waals surface area (Å²) in [6.45, 7) is 9.38. The molecule has 1 aliphatic heterocycles. The van der Waals surface area contributed by atoms with Crippen LogP contribution in [0, 0.1) is 11.8 Å². The van der Waals surface area contributed by atoms with Crippen molar-refractivity contribution < 1.29 is 4.79 Å². The van der Waals surface area contributed by atoms with Gasteiger partial charge in [-0.05, 0) is 24.7 Å². The van der Waals surface area contributed by atoms with Gasteiger partial charge in [-0.15, -0.1) is 0 Å². The van der Waals surface area contributed by atoms with Crippen LogP contribution in [-0.4, -0.2) is 48.4 Å². The smallest absolute Gasteiger partial charge is 0.222 e. The van der Waals surface area contributed by atoms with E-state index in [9.17, 15) is 4.79 Å². The summed E-state index contributed by atoms with van der Waals surface area (Å²) in [6, 6.07) is 0. The van der Waals surface area contributed by atoms with Crippen LogP contribution >= 0.6 is 0 Å². The van der Waals surface area contributed by atoms with Crippen molar-refractivity contribution in [1.29, 1.82) is 0 Å². The third kappa shape index (κ3) is 3.48. The Bertz CT molecular complexity index is 240. The van der Waals surface area contributed by atoms with E-state index in [1.165, 1.54) is 18.8 Å². The van der Waals surface area contributed by atoms with Crippen molar-refractivity contribution in [3.8, 4) is 0 Å². The van der Waals surface area contributed by atoms with Gasteiger partial charge >= 0.3 is 0 Å². The van der Waals surface area contributed by atoms with Gasteiger partial charge < -0.3 is 4.90 Å². The minimum atomic E-state index is 0.388. The molecule has 0 aromatic rings. The van der Waals surface area contributed by atoms with Gasteiger partial charge in [0.05, 0.1) is 0 Å². The molecule has 16 heavy (non-hydrogen) atoms. The third-order valence-corrected chi connectivity index (χ3v) is 3.43. The summed E-state index contributed by atoms with van der Waals surface area (Å²) in [5, 5.41) is 0. The van der Waals surface area contributed by atoms with E-state index in [2.05, 4.69) is 23.6 Å². The van der Waals surface area contributed by atoms with Crippen molar-refractivity contribution in [2.45, 2.75) is 33.1 Å². The molecule has 1 saturated carbocycles. The van der Waals surface area contributed by atoms with Crippen molar-refractivity contribution in [2.24, 2.45) is 5.92 Å². The molecule has 0 atom stereocenters. The predicted molar refractivity (Wildman–Crippen MR) is 65.0 cm³/mol. The van der Waals surface area contributed by atoms with E-state index < -0.39 is 0 Å². The molecule has 0 aromatic heterocycles. The van der Waals surface area contributed by atoms with E-state index in [0.29, 0.717) is 5.91 Å². The third-order valence-electron chi connectivity index (χ3n) is 3.43. The van der Waals surface area contributed by atoms with E-state index >= 15 is 0 Å². The molecule has 0 bridgehead atoms. The van der Waals surface area contributed by atoms with Crippen molar-refractivity contribution in [3.05, 3.63) is 5.92 Å². The first-order valence-corrected chi connectivity index (χ1v) is 6.44. The first kappa shape index (κ1) is 11.9. The van der Waals surface area contributed by atoms with E-state index in [1.807, 2.05) is 0 Å². The number of carbonyl (C=O) groups excluding carboxylic acids is 1. The molecule has 3 heteroatoms. The Hall–Kier alpha value is -0.570. The highest BCUT2D eigenvalue weighted by molar-refractivity contribution is 5.76. The predicted octanol–water partition coefficient (Wildman–Crippen LogP) is 1.54. The average molecular weight is 223 g/mol. The molecule has 0 unspecified atom stereocenters. The Kier molecular flexibility index (Phi) is 3.85. The molecule has 1 heterocycles. The second-order valence-electron chi connectivity index (χ2n) is 5.51. The summed E-state index contributed by atoms with van der Waals surface area (Å²) >= 11 is 0. The lowest BCUT2D eigenvalue weighted by Crippen LogP contribution is -2.49. The Balaban J connectivity index is 1.69. The molecule has 1 amide bonds. The summed E-state index contributed by atoms with van der Waals surface area (Å²) in [4.78, 5) is 16.4. The number of nitrogens with zero attached hydrogens (tertiary/aromatic N) is 2. The van der Waals surface area contributed by atoms with Gasteiger partial charge in [0.15, 0.2) is 0 Å². The van der Waals surface area contributed by atoms with Crippen molar-refractivity contribution in [1.82, 2.24) is 9.80 Å². The number of rotatable bonds is 4. The second-order valence-corrected chi connectivity index (χ2v) is 5.51. The lowest BCUT2D eigenvalue weighted by molar-refractivity contribution is -0.133. The van der Waals surface area contributed by atoms with Crippen LogP contribution in [0.5, 0.6) is 0 Å². The summed E-state index contributed by atoms with van der Waals surface area (Å²) in [6.07, 6.45) is 3.35. The fourth-order valence-corrected chi connectivity index (χ4v) is 2.30. The molecule has 1 saturated heterocycles. The van der Waals surface area contributed by atoms with Crippen LogP contribution in [0.15, 0.2) is 0 Å². The van der Waals surface area contributed by atoms with Gasteiger partial charge in [-0.2, -0.15) is 0 Å². The molecule has 2 fully saturated rings. The van der Waals surface area contributed by atoms with Gasteiger partial charge in [0.25, 0.3) is 0 Å². The van der Waals surface area contributed by atoms with Crippen molar-refractivity contribution in [2.75, 3.05) is 32.7 Å². The van der Waals surface area contributed by atoms with Gasteiger partial charge in [-0.25, -0.2) is 0 Å². The Labute approximate surface area is 98.8 Å². The number of hydrogen-bond acceptors (Lipinski definition) is 2. The van der Waals surface area contributed by atoms with Gasteiger partial charge in [0.2, 0.25) is 5.91 Å². The second kappa shape index (κ2) is 5.17. The van der Waals surface area contributed by atoms with Crippen LogP contribution < -0.4 is 0 Å². The summed E-state index contributed by atoms with van der Waals surface area (Å²) in [5.41, 5.74) is 0. The minimum Gasteiger partial charge on any atom is -0.340 e. The van der Waals surface area contributed by atoms with Crippen molar-refractivity contribution >= 4 is 5.91 Å². The highest BCUT2D eigenvalue weighted by Gasteiger charge is 2.28. The van der Waals surface area contributed by atoms with Crippen LogP contribution in [0.2, 0.25) is 0 Å². The van der Waals surface area contributed by atoms with E-state index in [-0.39, 0.29) is 0 Å². The SMILES string of the molecule is C[C](C)CN1CCN(C(=O)CC2CC2)CC1. The summed E-state index contributed by atoms with van der Waals surface area (Å²) in [5.74, 6) is 2.56. The van der Waals surface area contributed by atoms with Gasteiger partial charge in [0, 0.05) is 39.1 Å². The molecular weight excluding hydrogens is 200 g/mol. The molecule has 0 N–H and O–H groups in total. The highest BCUT2D eigenvalue weighted by Crippen LogP contribution is 2.32. The first-order chi connectivity index (χ1) is 7.65. The first-order valence-electron chi connectivity index (χ1n) is 6.44. The van der Waals surface area contributed by atoms with E-state index in [0.717, 1.165) is 45.1 Å². The van der Waals surface area contributed by atoms with E-state index in [4.69, 9.17) is 0 Å².